The van der Waals surface area contributed by atoms with Crippen LogP contribution in [0.5, 0.6) is 0 Å². The van der Waals surface area contributed by atoms with Crippen LogP contribution in [0.2, 0.25) is 0 Å². The molecule has 158 valence electrons. The zero-order chi connectivity index (χ0) is 20.8. The molecule has 2 aromatic rings. The molecule has 0 saturated carbocycles. The van der Waals surface area contributed by atoms with E-state index in [9.17, 15) is 9.59 Å². The predicted octanol–water partition coefficient (Wildman–Crippen LogP) is 3.89. The highest BCUT2D eigenvalue weighted by atomic mass is 16.2. The number of para-hydroxylation sites is 1. The van der Waals surface area contributed by atoms with E-state index in [1.54, 1.807) is 4.90 Å². The van der Waals surface area contributed by atoms with Gasteiger partial charge in [-0.1, -0.05) is 37.1 Å². The number of rotatable bonds is 5. The van der Waals surface area contributed by atoms with Gasteiger partial charge in [-0.3, -0.25) is 9.69 Å². The van der Waals surface area contributed by atoms with Crippen molar-refractivity contribution in [2.45, 2.75) is 32.1 Å². The Kier molecular flexibility index (Phi) is 6.64. The first kappa shape index (κ1) is 20.4. The van der Waals surface area contributed by atoms with Gasteiger partial charge in [0.1, 0.15) is 0 Å². The molecule has 0 aromatic heterocycles. The van der Waals surface area contributed by atoms with Crippen LogP contribution in [0.1, 0.15) is 41.6 Å². The van der Waals surface area contributed by atoms with Crippen molar-refractivity contribution in [3.63, 3.8) is 0 Å². The number of amides is 3. The lowest BCUT2D eigenvalue weighted by Gasteiger charge is -2.20. The van der Waals surface area contributed by atoms with E-state index >= 15 is 0 Å². The zero-order valence-electron chi connectivity index (χ0n) is 17.4. The molecule has 1 saturated heterocycles. The van der Waals surface area contributed by atoms with Gasteiger partial charge in [-0.2, -0.15) is 0 Å². The number of nitrogens with zero attached hydrogens (tertiary/aromatic N) is 2. The second-order valence-electron chi connectivity index (χ2n) is 8.01. The summed E-state index contributed by atoms with van der Waals surface area (Å²) in [6, 6.07) is 14.9. The summed E-state index contributed by atoms with van der Waals surface area (Å²) in [6.45, 7) is 4.38. The van der Waals surface area contributed by atoms with Crippen LogP contribution >= 0.6 is 0 Å². The standard InChI is InChI=1S/C24H30N4O2/c29-23(25-14-18-27-15-6-1-2-7-16-27)21-11-8-12-22-20(21)13-17-28(22)24(30)26-19-9-4-3-5-10-19/h3-5,8-12H,1-2,6-7,13-18H2,(H,25,29)(H,26,30). The Labute approximate surface area is 178 Å². The van der Waals surface area contributed by atoms with Crippen molar-refractivity contribution < 1.29 is 9.59 Å². The smallest absolute Gasteiger partial charge is 0.326 e. The lowest BCUT2D eigenvalue weighted by atomic mass is 10.0. The van der Waals surface area contributed by atoms with Crippen LogP contribution in [0.4, 0.5) is 16.2 Å². The SMILES string of the molecule is O=C(NCCN1CCCCCC1)c1cccc2c1CCN2C(=O)Nc1ccccc1. The van der Waals surface area contributed by atoms with Crippen LogP contribution in [0, 0.1) is 0 Å². The fourth-order valence-electron chi connectivity index (χ4n) is 4.35. The molecule has 0 atom stereocenters. The van der Waals surface area contributed by atoms with Crippen molar-refractivity contribution in [1.29, 1.82) is 0 Å². The van der Waals surface area contributed by atoms with Crippen LogP contribution in [0.25, 0.3) is 0 Å². The molecule has 0 spiro atoms. The van der Waals surface area contributed by atoms with Gasteiger partial charge >= 0.3 is 6.03 Å². The Morgan fingerprint density at radius 1 is 0.867 bits per heavy atom. The summed E-state index contributed by atoms with van der Waals surface area (Å²) in [5, 5.41) is 6.01. The van der Waals surface area contributed by atoms with Crippen molar-refractivity contribution in [3.05, 3.63) is 59.7 Å². The number of nitrogens with one attached hydrogen (secondary N) is 2. The molecule has 30 heavy (non-hydrogen) atoms. The average Bonchev–Trinajstić information content (AvgIpc) is 3.04. The average molecular weight is 407 g/mol. The van der Waals surface area contributed by atoms with E-state index in [2.05, 4.69) is 15.5 Å². The molecule has 2 N–H and O–H groups in total. The van der Waals surface area contributed by atoms with Gasteiger partial charge in [0, 0.05) is 36.6 Å². The fraction of sp³-hybridized carbons (Fsp3) is 0.417. The highest BCUT2D eigenvalue weighted by Gasteiger charge is 2.28. The minimum Gasteiger partial charge on any atom is -0.351 e. The van der Waals surface area contributed by atoms with Crippen molar-refractivity contribution in [1.82, 2.24) is 10.2 Å². The molecule has 2 aromatic carbocycles. The Bertz CT molecular complexity index is 876. The molecule has 2 aliphatic heterocycles. The van der Waals surface area contributed by atoms with Gasteiger partial charge in [-0.25, -0.2) is 4.79 Å². The largest absolute Gasteiger partial charge is 0.351 e. The summed E-state index contributed by atoms with van der Waals surface area (Å²) in [6.07, 6.45) is 5.82. The van der Waals surface area contributed by atoms with Gasteiger partial charge in [0.25, 0.3) is 5.91 Å². The van der Waals surface area contributed by atoms with E-state index in [0.29, 0.717) is 25.1 Å². The van der Waals surface area contributed by atoms with Gasteiger partial charge in [0.15, 0.2) is 0 Å². The number of hydrogen-bond acceptors (Lipinski definition) is 3. The molecule has 1 fully saturated rings. The maximum absolute atomic E-state index is 12.8. The molecule has 0 unspecified atom stereocenters. The number of anilines is 2. The maximum atomic E-state index is 12.8. The topological polar surface area (TPSA) is 64.7 Å². The molecular weight excluding hydrogens is 376 g/mol. The molecule has 3 amide bonds. The molecule has 2 heterocycles. The van der Waals surface area contributed by atoms with Crippen LogP contribution < -0.4 is 15.5 Å². The van der Waals surface area contributed by atoms with Crippen molar-refractivity contribution in [2.75, 3.05) is 42.9 Å². The summed E-state index contributed by atoms with van der Waals surface area (Å²) < 4.78 is 0. The van der Waals surface area contributed by atoms with Gasteiger partial charge in [0.05, 0.1) is 0 Å². The van der Waals surface area contributed by atoms with Crippen molar-refractivity contribution >= 4 is 23.3 Å². The molecule has 4 rings (SSSR count). The van der Waals surface area contributed by atoms with E-state index < -0.39 is 0 Å². The number of fused-ring (bicyclic) bond motifs is 1. The molecule has 2 aliphatic rings. The summed E-state index contributed by atoms with van der Waals surface area (Å²) in [7, 11) is 0. The van der Waals surface area contributed by atoms with Crippen LogP contribution in [-0.4, -0.2) is 49.6 Å². The lowest BCUT2D eigenvalue weighted by Crippen LogP contribution is -2.35. The first-order valence-electron chi connectivity index (χ1n) is 11.0. The normalized spacial score (nSPS) is 16.6. The fourth-order valence-corrected chi connectivity index (χ4v) is 4.35. The predicted molar refractivity (Wildman–Crippen MR) is 120 cm³/mol. The Morgan fingerprint density at radius 2 is 1.63 bits per heavy atom. The highest BCUT2D eigenvalue weighted by Crippen LogP contribution is 2.31. The molecule has 0 bridgehead atoms. The van der Waals surface area contributed by atoms with Gasteiger partial charge in [-0.05, 0) is 62.2 Å². The first-order chi connectivity index (χ1) is 14.7. The van der Waals surface area contributed by atoms with Gasteiger partial charge in [0.2, 0.25) is 0 Å². The minimum atomic E-state index is -0.168. The number of likely N-dealkylation sites (tertiary alicyclic amines) is 1. The van der Waals surface area contributed by atoms with Crippen LogP contribution in [0.15, 0.2) is 48.5 Å². The Hall–Kier alpha value is -2.86. The lowest BCUT2D eigenvalue weighted by molar-refractivity contribution is 0.0947. The van der Waals surface area contributed by atoms with E-state index in [-0.39, 0.29) is 11.9 Å². The van der Waals surface area contributed by atoms with Crippen LogP contribution in [-0.2, 0) is 6.42 Å². The van der Waals surface area contributed by atoms with Crippen molar-refractivity contribution in [2.24, 2.45) is 0 Å². The second-order valence-corrected chi connectivity index (χ2v) is 8.01. The zero-order valence-corrected chi connectivity index (χ0v) is 17.4. The third kappa shape index (κ3) is 4.82. The van der Waals surface area contributed by atoms with Gasteiger partial charge < -0.3 is 15.5 Å². The molecule has 6 heteroatoms. The number of carbonyl (C=O) groups is 2. The monoisotopic (exact) mass is 406 g/mol. The number of benzene rings is 2. The maximum Gasteiger partial charge on any atom is 0.326 e. The third-order valence-electron chi connectivity index (χ3n) is 5.95. The molecule has 0 aliphatic carbocycles. The summed E-state index contributed by atoms with van der Waals surface area (Å²) in [5.74, 6) is -0.0491. The van der Waals surface area contributed by atoms with Gasteiger partial charge in [-0.15, -0.1) is 0 Å². The van der Waals surface area contributed by atoms with Crippen molar-refractivity contribution in [3.8, 4) is 0 Å². The quantitative estimate of drug-likeness (QED) is 0.792. The summed E-state index contributed by atoms with van der Waals surface area (Å²) in [5.41, 5.74) is 3.22. The third-order valence-corrected chi connectivity index (χ3v) is 5.95. The first-order valence-corrected chi connectivity index (χ1v) is 11.0. The number of hydrogen-bond donors (Lipinski definition) is 2. The second kappa shape index (κ2) is 9.76. The number of carbonyl (C=O) groups excluding carboxylic acids is 2. The highest BCUT2D eigenvalue weighted by molar-refractivity contribution is 6.05. The Balaban J connectivity index is 1.37. The summed E-state index contributed by atoms with van der Waals surface area (Å²) >= 11 is 0. The minimum absolute atomic E-state index is 0.0491. The van der Waals surface area contributed by atoms with Crippen LogP contribution in [0.3, 0.4) is 0 Å². The van der Waals surface area contributed by atoms with E-state index in [4.69, 9.17) is 0 Å². The summed E-state index contributed by atoms with van der Waals surface area (Å²) in [4.78, 5) is 29.7. The molecule has 0 radical (unpaired) electrons. The molecule has 6 nitrogen and oxygen atoms in total. The number of urea groups is 1. The van der Waals surface area contributed by atoms with E-state index in [0.717, 1.165) is 36.6 Å². The van der Waals surface area contributed by atoms with E-state index in [1.807, 2.05) is 48.5 Å². The molecular formula is C24H30N4O2. The van der Waals surface area contributed by atoms with E-state index in [1.165, 1.54) is 25.7 Å². The Morgan fingerprint density at radius 3 is 2.40 bits per heavy atom.